The van der Waals surface area contributed by atoms with Crippen LogP contribution < -0.4 is 0 Å². The van der Waals surface area contributed by atoms with Gasteiger partial charge in [-0.1, -0.05) is 182 Å². The van der Waals surface area contributed by atoms with E-state index in [1.807, 2.05) is 0 Å². The molecule has 0 amide bonds. The Bertz CT molecular complexity index is 3880. The zero-order valence-electron chi connectivity index (χ0n) is 34.8. The van der Waals surface area contributed by atoms with Crippen LogP contribution in [0.1, 0.15) is 44.5 Å². The van der Waals surface area contributed by atoms with Gasteiger partial charge in [0.2, 0.25) is 0 Å². The molecule has 2 spiro atoms. The predicted octanol–water partition coefficient (Wildman–Crippen LogP) is 14.9. The zero-order chi connectivity index (χ0) is 41.7. The normalized spacial score (nSPS) is 14.5. The first-order valence-corrected chi connectivity index (χ1v) is 22.4. The molecule has 0 unspecified atom stereocenters. The molecule has 12 aromatic rings. The van der Waals surface area contributed by atoms with E-state index in [2.05, 4.69) is 240 Å². The van der Waals surface area contributed by atoms with Crippen LogP contribution in [0.3, 0.4) is 0 Å². The molecule has 0 atom stereocenters. The minimum absolute atomic E-state index is 0.468. The largest absolute Gasteiger partial charge is 0.309 e. The van der Waals surface area contributed by atoms with E-state index < -0.39 is 10.8 Å². The highest BCUT2D eigenvalue weighted by Crippen LogP contribution is 2.67. The molecule has 2 nitrogen and oxygen atoms in total. The maximum atomic E-state index is 2.57. The van der Waals surface area contributed by atoms with E-state index in [-0.39, 0.29) is 0 Å². The minimum atomic E-state index is -0.552. The quantitative estimate of drug-likeness (QED) is 0.165. The Morgan fingerprint density at radius 2 is 0.609 bits per heavy atom. The minimum Gasteiger partial charge on any atom is -0.309 e. The number of benzene rings is 10. The van der Waals surface area contributed by atoms with Crippen molar-refractivity contribution in [2.45, 2.75) is 10.8 Å². The van der Waals surface area contributed by atoms with Crippen molar-refractivity contribution in [2.24, 2.45) is 0 Å². The summed E-state index contributed by atoms with van der Waals surface area (Å²) < 4.78 is 4.93. The van der Waals surface area contributed by atoms with Crippen LogP contribution in [-0.2, 0) is 10.8 Å². The van der Waals surface area contributed by atoms with E-state index >= 15 is 0 Å². The van der Waals surface area contributed by atoms with Crippen molar-refractivity contribution in [1.82, 2.24) is 9.13 Å². The van der Waals surface area contributed by atoms with Crippen molar-refractivity contribution >= 4 is 43.6 Å². The molecule has 0 radical (unpaired) electrons. The molecule has 2 heteroatoms. The monoisotopic (exact) mass is 810 g/mol. The molecule has 15 rings (SSSR count). The lowest BCUT2D eigenvalue weighted by atomic mass is 9.52. The van der Waals surface area contributed by atoms with Crippen molar-refractivity contribution in [3.05, 3.63) is 275 Å². The second-order valence-corrected chi connectivity index (χ2v) is 17.9. The Morgan fingerprint density at radius 1 is 0.219 bits per heavy atom. The van der Waals surface area contributed by atoms with Crippen LogP contribution in [0.25, 0.3) is 77.2 Å². The molecule has 296 valence electrons. The van der Waals surface area contributed by atoms with Crippen molar-refractivity contribution in [3.8, 4) is 33.6 Å². The first-order chi connectivity index (χ1) is 31.8. The number of nitrogens with zero attached hydrogens (tertiary/aromatic N) is 2. The van der Waals surface area contributed by atoms with E-state index in [0.717, 1.165) is 11.4 Å². The highest BCUT2D eigenvalue weighted by Gasteiger charge is 2.59. The first-order valence-electron chi connectivity index (χ1n) is 22.4. The molecule has 64 heavy (non-hydrogen) atoms. The van der Waals surface area contributed by atoms with E-state index in [4.69, 9.17) is 0 Å². The first kappa shape index (κ1) is 34.4. The second kappa shape index (κ2) is 12.2. The van der Waals surface area contributed by atoms with Gasteiger partial charge in [0.05, 0.1) is 32.9 Å². The van der Waals surface area contributed by atoms with Gasteiger partial charge >= 0.3 is 0 Å². The molecular formula is C62H38N2. The molecule has 0 saturated carbocycles. The van der Waals surface area contributed by atoms with Crippen LogP contribution in [0.2, 0.25) is 0 Å². The van der Waals surface area contributed by atoms with Gasteiger partial charge < -0.3 is 9.13 Å². The van der Waals surface area contributed by atoms with Crippen LogP contribution in [0.5, 0.6) is 0 Å². The lowest BCUT2D eigenvalue weighted by Gasteiger charge is -2.48. The molecule has 0 N–H and O–H groups in total. The Kier molecular flexibility index (Phi) is 6.58. The molecule has 0 bridgehead atoms. The number of fused-ring (bicyclic) bond motifs is 22. The maximum absolute atomic E-state index is 2.57. The SMILES string of the molecule is c1ccc(-n2c3ccccc3c3ccc(-n4c5ccccc5c5cc6c(cc54)-c4ccccc4C64c5ccccc5C5(c6ccccc6-c6ccccc65)c5ccccc54)cc32)cc1. The molecule has 10 aromatic carbocycles. The highest BCUT2D eigenvalue weighted by molar-refractivity contribution is 6.14. The summed E-state index contributed by atoms with van der Waals surface area (Å²) in [4.78, 5) is 0. The summed E-state index contributed by atoms with van der Waals surface area (Å²) in [6.07, 6.45) is 0. The summed E-state index contributed by atoms with van der Waals surface area (Å²) in [6, 6.07) is 87.0. The molecule has 0 saturated heterocycles. The van der Waals surface area contributed by atoms with Crippen molar-refractivity contribution < 1.29 is 0 Å². The van der Waals surface area contributed by atoms with Gasteiger partial charge in [-0.25, -0.2) is 0 Å². The topological polar surface area (TPSA) is 9.86 Å². The van der Waals surface area contributed by atoms with E-state index in [9.17, 15) is 0 Å². The van der Waals surface area contributed by atoms with Gasteiger partial charge in [-0.2, -0.15) is 0 Å². The highest BCUT2D eigenvalue weighted by atomic mass is 15.0. The Labute approximate surface area is 370 Å². The molecule has 3 aliphatic rings. The van der Waals surface area contributed by atoms with E-state index in [1.165, 1.54) is 110 Å². The van der Waals surface area contributed by atoms with Gasteiger partial charge in [0.25, 0.3) is 0 Å². The average Bonchev–Trinajstić information content (AvgIpc) is 4.06. The van der Waals surface area contributed by atoms with Gasteiger partial charge in [-0.05, 0) is 115 Å². The predicted molar refractivity (Wildman–Crippen MR) is 263 cm³/mol. The molecule has 0 aliphatic heterocycles. The summed E-state index contributed by atoms with van der Waals surface area (Å²) in [5.74, 6) is 0. The third-order valence-corrected chi connectivity index (χ3v) is 15.2. The average molecular weight is 811 g/mol. The maximum Gasteiger partial charge on any atom is 0.0720 e. The van der Waals surface area contributed by atoms with Crippen LogP contribution >= 0.6 is 0 Å². The van der Waals surface area contributed by atoms with Gasteiger partial charge in [0, 0.05) is 32.9 Å². The number of hydrogen-bond donors (Lipinski definition) is 0. The van der Waals surface area contributed by atoms with Crippen molar-refractivity contribution in [1.29, 1.82) is 0 Å². The fourth-order valence-corrected chi connectivity index (χ4v) is 12.9. The van der Waals surface area contributed by atoms with Gasteiger partial charge in [0.1, 0.15) is 0 Å². The fraction of sp³-hybridized carbons (Fsp3) is 0.0323. The summed E-state index contributed by atoms with van der Waals surface area (Å²) in [5, 5.41) is 5.02. The van der Waals surface area contributed by atoms with Crippen LogP contribution in [0.15, 0.2) is 231 Å². The van der Waals surface area contributed by atoms with Crippen LogP contribution in [0.4, 0.5) is 0 Å². The lowest BCUT2D eigenvalue weighted by molar-refractivity contribution is 0.633. The van der Waals surface area contributed by atoms with E-state index in [1.54, 1.807) is 0 Å². The number of para-hydroxylation sites is 3. The number of aromatic nitrogens is 2. The summed E-state index contributed by atoms with van der Waals surface area (Å²) in [7, 11) is 0. The van der Waals surface area contributed by atoms with Crippen molar-refractivity contribution in [3.63, 3.8) is 0 Å². The zero-order valence-corrected chi connectivity index (χ0v) is 34.8. The summed E-state index contributed by atoms with van der Waals surface area (Å²) in [5.41, 5.74) is 22.2. The molecule has 2 aromatic heterocycles. The van der Waals surface area contributed by atoms with Gasteiger partial charge in [-0.15, -0.1) is 0 Å². The molecular weight excluding hydrogens is 773 g/mol. The third kappa shape index (κ3) is 3.99. The van der Waals surface area contributed by atoms with Crippen LogP contribution in [0, 0.1) is 0 Å². The molecule has 0 fully saturated rings. The van der Waals surface area contributed by atoms with Gasteiger partial charge in [0.15, 0.2) is 0 Å². The van der Waals surface area contributed by atoms with E-state index in [0.29, 0.717) is 0 Å². The number of hydrogen-bond acceptors (Lipinski definition) is 0. The lowest BCUT2D eigenvalue weighted by Crippen LogP contribution is -2.43. The Balaban J connectivity index is 1.05. The van der Waals surface area contributed by atoms with Crippen LogP contribution in [-0.4, -0.2) is 9.13 Å². The Hall–Kier alpha value is -8.20. The Morgan fingerprint density at radius 3 is 1.17 bits per heavy atom. The fourth-order valence-electron chi connectivity index (χ4n) is 12.9. The smallest absolute Gasteiger partial charge is 0.0720 e. The molecule has 2 heterocycles. The number of rotatable bonds is 2. The standard InChI is InChI=1S/C62H38N2/c1-2-18-39(19-3-1)63-57-32-16-7-23-44(57)46-35-34-40(36-59(46)63)64-58-33-17-8-24-45(58)48-37-56-47(38-60(48)64)43-22-6-11-27-51(43)62(56)54-30-14-12-28-52(54)61(53-29-13-15-31-55(53)62)49-25-9-4-20-41(49)42-21-5-10-26-50(42)61/h1-38H. The second-order valence-electron chi connectivity index (χ2n) is 17.9. The summed E-state index contributed by atoms with van der Waals surface area (Å²) >= 11 is 0. The van der Waals surface area contributed by atoms with Gasteiger partial charge in [-0.3, -0.25) is 0 Å². The molecule has 3 aliphatic carbocycles. The van der Waals surface area contributed by atoms with Crippen molar-refractivity contribution in [2.75, 3.05) is 0 Å². The third-order valence-electron chi connectivity index (χ3n) is 15.2. The summed E-state index contributed by atoms with van der Waals surface area (Å²) in [6.45, 7) is 0.